The van der Waals surface area contributed by atoms with Gasteiger partial charge in [0.25, 0.3) is 6.86 Å². The van der Waals surface area contributed by atoms with E-state index in [2.05, 4.69) is 15.0 Å². The number of aromatic carboxylic acids is 1. The van der Waals surface area contributed by atoms with Gasteiger partial charge in [0, 0.05) is 30.7 Å². The van der Waals surface area contributed by atoms with E-state index in [-0.39, 0.29) is 42.5 Å². The third kappa shape index (κ3) is 3.28. The second-order valence-electron chi connectivity index (χ2n) is 7.88. The molecule has 1 aliphatic carbocycles. The van der Waals surface area contributed by atoms with Gasteiger partial charge < -0.3 is 25.1 Å². The van der Waals surface area contributed by atoms with Gasteiger partial charge >= 0.3 is 5.97 Å². The molecule has 0 spiro atoms. The van der Waals surface area contributed by atoms with Gasteiger partial charge in [-0.15, -0.1) is 0 Å². The van der Waals surface area contributed by atoms with Gasteiger partial charge in [-0.1, -0.05) is 12.1 Å². The molecule has 0 radical (unpaired) electrons. The molecule has 3 heterocycles. The summed E-state index contributed by atoms with van der Waals surface area (Å²) in [7, 11) is 0. The Kier molecular flexibility index (Phi) is 4.92. The topological polar surface area (TPSA) is 123 Å². The van der Waals surface area contributed by atoms with E-state index in [1.165, 1.54) is 6.20 Å². The van der Waals surface area contributed by atoms with E-state index in [1.54, 1.807) is 9.47 Å². The van der Waals surface area contributed by atoms with Crippen LogP contribution in [0.1, 0.15) is 36.2 Å². The van der Waals surface area contributed by atoms with Crippen molar-refractivity contribution < 1.29 is 23.5 Å². The largest absolute Gasteiger partial charge is 0.477 e. The van der Waals surface area contributed by atoms with Crippen LogP contribution in [0.4, 0.5) is 14.6 Å². The van der Waals surface area contributed by atoms with E-state index in [4.69, 9.17) is 5.73 Å². The molecule has 30 heavy (non-hydrogen) atoms. The van der Waals surface area contributed by atoms with Gasteiger partial charge in [-0.05, 0) is 18.9 Å². The molecular formula is C19H21F2N5O4. The van der Waals surface area contributed by atoms with Crippen LogP contribution in [0.2, 0.25) is 0 Å². The van der Waals surface area contributed by atoms with Crippen LogP contribution in [0.5, 0.6) is 0 Å². The molecule has 0 aromatic carbocycles. The summed E-state index contributed by atoms with van der Waals surface area (Å²) in [6.07, 6.45) is 2.91. The lowest BCUT2D eigenvalue weighted by molar-refractivity contribution is 0.0618. The van der Waals surface area contributed by atoms with Gasteiger partial charge in [0.05, 0.1) is 17.6 Å². The molecule has 2 aromatic rings. The van der Waals surface area contributed by atoms with E-state index in [1.807, 2.05) is 6.92 Å². The molecule has 4 rings (SSSR count). The molecule has 1 unspecified atom stereocenters. The lowest BCUT2D eigenvalue weighted by Crippen LogP contribution is -2.36. The molecule has 1 saturated heterocycles. The second kappa shape index (κ2) is 7.31. The number of fused-ring (bicyclic) bond motifs is 1. The minimum Gasteiger partial charge on any atom is -0.477 e. The van der Waals surface area contributed by atoms with E-state index in [9.17, 15) is 19.1 Å². The van der Waals surface area contributed by atoms with Crippen LogP contribution in [0.3, 0.4) is 0 Å². The zero-order valence-electron chi connectivity index (χ0n) is 16.3. The lowest BCUT2D eigenvalue weighted by Gasteiger charge is -2.23. The summed E-state index contributed by atoms with van der Waals surface area (Å²) in [5.74, 6) is -2.14. The normalized spacial score (nSPS) is 22.8. The number of carbonyl (C=O) groups is 1. The van der Waals surface area contributed by atoms with Crippen LogP contribution in [-0.4, -0.2) is 52.8 Å². The third-order valence-electron chi connectivity index (χ3n) is 5.66. The molecular weight excluding hydrogens is 400 g/mol. The summed E-state index contributed by atoms with van der Waals surface area (Å²) in [5, 5.41) is 13.0. The summed E-state index contributed by atoms with van der Waals surface area (Å²) >= 11 is 0. The number of anilines is 1. The van der Waals surface area contributed by atoms with Crippen molar-refractivity contribution in [2.24, 2.45) is 16.3 Å². The Morgan fingerprint density at radius 1 is 1.50 bits per heavy atom. The first kappa shape index (κ1) is 20.2. The second-order valence-corrected chi connectivity index (χ2v) is 7.88. The molecule has 0 amide bonds. The predicted octanol–water partition coefficient (Wildman–Crippen LogP) is 1.65. The van der Waals surface area contributed by atoms with E-state index in [0.29, 0.717) is 5.71 Å². The third-order valence-corrected chi connectivity index (χ3v) is 5.66. The van der Waals surface area contributed by atoms with Gasteiger partial charge in [-0.2, -0.15) is 0 Å². The Bertz CT molecular complexity index is 1110. The average Bonchev–Trinajstić information content (AvgIpc) is 3.50. The molecule has 1 atom stereocenters. The highest BCUT2D eigenvalue weighted by molar-refractivity contribution is 5.97. The molecule has 1 saturated carbocycles. The first-order valence-corrected chi connectivity index (χ1v) is 9.48. The van der Waals surface area contributed by atoms with Crippen LogP contribution >= 0.6 is 0 Å². The maximum atomic E-state index is 15.0. The number of halogens is 2. The fourth-order valence-electron chi connectivity index (χ4n) is 3.76. The quantitative estimate of drug-likeness (QED) is 0.680. The number of nitrogens with two attached hydrogens (primary N) is 1. The summed E-state index contributed by atoms with van der Waals surface area (Å²) in [4.78, 5) is 34.6. The average molecular weight is 421 g/mol. The minimum absolute atomic E-state index is 0.00972. The van der Waals surface area contributed by atoms with Gasteiger partial charge in [0.15, 0.2) is 11.6 Å². The standard InChI is InChI=1S/C19H21F2N5O4/c1-19(7-22)8-25(6-14(19)24-30-9-20)17-13(21)4-11-15(27)12(18(28)29)5-26(10-2-3-10)16(11)23-17/h4-5,10H,2-3,6-9,22H2,1H3,(H,28,29)/b24-14+. The number of oxime groups is 1. The summed E-state index contributed by atoms with van der Waals surface area (Å²) in [6, 6.07) is 1.04. The maximum absolute atomic E-state index is 15.0. The molecule has 160 valence electrons. The number of nitrogens with zero attached hydrogens (tertiary/aromatic N) is 4. The fourth-order valence-corrected chi connectivity index (χ4v) is 3.76. The number of alkyl halides is 1. The summed E-state index contributed by atoms with van der Waals surface area (Å²) in [5.41, 5.74) is 4.69. The Hall–Kier alpha value is -3.08. The molecule has 0 bridgehead atoms. The molecule has 11 heteroatoms. The van der Waals surface area contributed by atoms with Crippen molar-refractivity contribution in [2.75, 3.05) is 31.4 Å². The van der Waals surface area contributed by atoms with Gasteiger partial charge in [-0.25, -0.2) is 18.6 Å². The molecule has 3 N–H and O–H groups in total. The van der Waals surface area contributed by atoms with Crippen molar-refractivity contribution in [2.45, 2.75) is 25.8 Å². The minimum atomic E-state index is -1.37. The highest BCUT2D eigenvalue weighted by Crippen LogP contribution is 2.38. The van der Waals surface area contributed by atoms with E-state index < -0.39 is 35.1 Å². The maximum Gasteiger partial charge on any atom is 0.341 e. The Balaban J connectivity index is 1.84. The zero-order chi connectivity index (χ0) is 21.6. The van der Waals surface area contributed by atoms with Gasteiger partial charge in [0.2, 0.25) is 5.43 Å². The number of carboxylic acids is 1. The summed E-state index contributed by atoms with van der Waals surface area (Å²) in [6.45, 7) is 1.30. The van der Waals surface area contributed by atoms with Crippen LogP contribution in [-0.2, 0) is 4.84 Å². The Labute approximate surface area is 169 Å². The molecule has 2 aromatic heterocycles. The molecule has 2 aliphatic rings. The first-order chi connectivity index (χ1) is 14.3. The highest BCUT2D eigenvalue weighted by atomic mass is 19.1. The number of hydrogen-bond acceptors (Lipinski definition) is 7. The van der Waals surface area contributed by atoms with Crippen molar-refractivity contribution in [3.05, 3.63) is 33.9 Å². The van der Waals surface area contributed by atoms with Crippen molar-refractivity contribution in [1.82, 2.24) is 9.55 Å². The summed E-state index contributed by atoms with van der Waals surface area (Å²) < 4.78 is 29.0. The Morgan fingerprint density at radius 2 is 2.23 bits per heavy atom. The predicted molar refractivity (Wildman–Crippen MR) is 105 cm³/mol. The monoisotopic (exact) mass is 421 g/mol. The lowest BCUT2D eigenvalue weighted by atomic mass is 9.88. The first-order valence-electron chi connectivity index (χ1n) is 9.48. The van der Waals surface area contributed by atoms with E-state index in [0.717, 1.165) is 18.9 Å². The number of aromatic nitrogens is 2. The number of rotatable bonds is 6. The van der Waals surface area contributed by atoms with Crippen molar-refractivity contribution in [3.63, 3.8) is 0 Å². The number of carboxylic acid groups (broad SMARTS) is 1. The van der Waals surface area contributed by atoms with Crippen molar-refractivity contribution in [3.8, 4) is 0 Å². The molecule has 2 fully saturated rings. The van der Waals surface area contributed by atoms with Crippen LogP contribution < -0.4 is 16.1 Å². The Morgan fingerprint density at radius 3 is 2.83 bits per heavy atom. The highest BCUT2D eigenvalue weighted by Gasteiger charge is 2.41. The van der Waals surface area contributed by atoms with Crippen LogP contribution in [0, 0.1) is 11.2 Å². The smallest absolute Gasteiger partial charge is 0.341 e. The SMILES string of the molecule is CC1(CN)CN(c2nc3c(cc2F)c(=O)c(C(=O)O)cn3C2CC2)C/C1=N\OCF. The van der Waals surface area contributed by atoms with E-state index >= 15 is 4.39 Å². The van der Waals surface area contributed by atoms with Crippen molar-refractivity contribution >= 4 is 28.5 Å². The zero-order valence-corrected chi connectivity index (χ0v) is 16.3. The molecule has 1 aliphatic heterocycles. The van der Waals surface area contributed by atoms with Gasteiger partial charge in [-0.3, -0.25) is 4.79 Å². The number of pyridine rings is 2. The fraction of sp³-hybridized carbons (Fsp3) is 0.474. The van der Waals surface area contributed by atoms with Crippen LogP contribution in [0.15, 0.2) is 22.2 Å². The number of hydrogen-bond donors (Lipinski definition) is 2. The van der Waals surface area contributed by atoms with Gasteiger partial charge in [0.1, 0.15) is 11.2 Å². The molecule has 9 nitrogen and oxygen atoms in total. The van der Waals surface area contributed by atoms with Crippen molar-refractivity contribution in [1.29, 1.82) is 0 Å². The van der Waals surface area contributed by atoms with Crippen LogP contribution in [0.25, 0.3) is 11.0 Å².